The number of halogens is 1. The van der Waals surface area contributed by atoms with Crippen LogP contribution < -0.4 is 4.74 Å². The summed E-state index contributed by atoms with van der Waals surface area (Å²) in [5.41, 5.74) is 0.440. The third-order valence-corrected chi connectivity index (χ3v) is 2.89. The zero-order valence-corrected chi connectivity index (χ0v) is 12.1. The van der Waals surface area contributed by atoms with Crippen molar-refractivity contribution < 1.29 is 14.1 Å². The lowest BCUT2D eigenvalue weighted by Crippen LogP contribution is -2.03. The van der Waals surface area contributed by atoms with E-state index in [0.29, 0.717) is 28.1 Å². The van der Waals surface area contributed by atoms with Crippen LogP contribution in [-0.4, -0.2) is 15.9 Å². The Morgan fingerprint density at radius 1 is 1.45 bits per heavy atom. The van der Waals surface area contributed by atoms with E-state index in [-0.39, 0.29) is 12.4 Å². The molecule has 0 radical (unpaired) electrons. The van der Waals surface area contributed by atoms with Gasteiger partial charge in [0.25, 0.3) is 0 Å². The number of ether oxygens (including phenoxy) is 1. The van der Waals surface area contributed by atoms with E-state index in [0.717, 1.165) is 12.8 Å². The van der Waals surface area contributed by atoms with Crippen LogP contribution in [0.4, 0.5) is 0 Å². The first-order valence-electron chi connectivity index (χ1n) is 6.35. The maximum Gasteiger partial charge on any atom is 0.226 e. The normalized spacial score (nSPS) is 10.6. The third-order valence-electron chi connectivity index (χ3n) is 2.65. The molecular formula is C14H15ClN2O3. The van der Waals surface area contributed by atoms with Gasteiger partial charge in [-0.2, -0.15) is 4.98 Å². The van der Waals surface area contributed by atoms with Crippen molar-refractivity contribution in [3.05, 3.63) is 40.5 Å². The highest BCUT2D eigenvalue weighted by atomic mass is 35.5. The van der Waals surface area contributed by atoms with E-state index in [9.17, 15) is 4.79 Å². The quantitative estimate of drug-likeness (QED) is 0.763. The summed E-state index contributed by atoms with van der Waals surface area (Å²) in [6, 6.07) is 4.91. The van der Waals surface area contributed by atoms with Crippen LogP contribution in [0.25, 0.3) is 0 Å². The molecular weight excluding hydrogens is 280 g/mol. The fourth-order valence-corrected chi connectivity index (χ4v) is 1.88. The Labute approximate surface area is 121 Å². The Morgan fingerprint density at radius 2 is 2.25 bits per heavy atom. The van der Waals surface area contributed by atoms with Gasteiger partial charge in [-0.25, -0.2) is 0 Å². The predicted molar refractivity (Wildman–Crippen MR) is 74.1 cm³/mol. The van der Waals surface area contributed by atoms with E-state index >= 15 is 0 Å². The van der Waals surface area contributed by atoms with E-state index in [1.807, 2.05) is 6.92 Å². The van der Waals surface area contributed by atoms with Crippen LogP contribution in [0.2, 0.25) is 5.02 Å². The Morgan fingerprint density at radius 3 is 2.95 bits per heavy atom. The lowest BCUT2D eigenvalue weighted by atomic mass is 10.1. The van der Waals surface area contributed by atoms with Crippen molar-refractivity contribution in [2.24, 2.45) is 0 Å². The van der Waals surface area contributed by atoms with Crippen LogP contribution in [-0.2, 0) is 13.0 Å². The first-order valence-corrected chi connectivity index (χ1v) is 6.72. The summed E-state index contributed by atoms with van der Waals surface area (Å²) in [5.74, 6) is 1.40. The van der Waals surface area contributed by atoms with Crippen LogP contribution in [0, 0.1) is 0 Å². The first-order chi connectivity index (χ1) is 9.60. The molecule has 6 heteroatoms. The second-order valence-corrected chi connectivity index (χ2v) is 4.78. The van der Waals surface area contributed by atoms with E-state index in [1.165, 1.54) is 6.92 Å². The highest BCUT2D eigenvalue weighted by Gasteiger charge is 2.11. The minimum atomic E-state index is -0.109. The van der Waals surface area contributed by atoms with Crippen molar-refractivity contribution in [1.82, 2.24) is 10.1 Å². The molecule has 1 aromatic heterocycles. The fraction of sp³-hybridized carbons (Fsp3) is 0.357. The first kappa shape index (κ1) is 14.5. The summed E-state index contributed by atoms with van der Waals surface area (Å²) in [4.78, 5) is 15.7. The van der Waals surface area contributed by atoms with Crippen molar-refractivity contribution >= 4 is 17.4 Å². The molecule has 1 heterocycles. The Balaban J connectivity index is 2.08. The molecule has 5 nitrogen and oxygen atoms in total. The molecule has 0 aliphatic carbocycles. The minimum Gasteiger partial charge on any atom is -0.485 e. The molecule has 20 heavy (non-hydrogen) atoms. The van der Waals surface area contributed by atoms with E-state index in [2.05, 4.69) is 10.1 Å². The summed E-state index contributed by atoms with van der Waals surface area (Å²) in [7, 11) is 0. The third kappa shape index (κ3) is 3.57. The topological polar surface area (TPSA) is 65.2 Å². The molecule has 0 atom stereocenters. The van der Waals surface area contributed by atoms with Crippen molar-refractivity contribution in [3.8, 4) is 5.75 Å². The predicted octanol–water partition coefficient (Wildman–Crippen LogP) is 3.46. The number of benzene rings is 1. The summed E-state index contributed by atoms with van der Waals surface area (Å²) < 4.78 is 10.6. The number of hydrogen-bond acceptors (Lipinski definition) is 5. The molecule has 0 aliphatic rings. The molecule has 0 saturated carbocycles. The standard InChI is InChI=1S/C14H15ClN2O3/c1-3-4-14-16-13(17-20-14)8-19-12-6-5-10(15)7-11(12)9(2)18/h5-7H,3-4,8H2,1-2H3. The molecule has 0 unspecified atom stereocenters. The largest absolute Gasteiger partial charge is 0.485 e. The average Bonchev–Trinajstić information content (AvgIpc) is 2.85. The second kappa shape index (κ2) is 6.52. The van der Waals surface area contributed by atoms with Gasteiger partial charge in [0.15, 0.2) is 12.4 Å². The van der Waals surface area contributed by atoms with Crippen LogP contribution >= 0.6 is 11.6 Å². The Hall–Kier alpha value is -1.88. The van der Waals surface area contributed by atoms with E-state index in [1.54, 1.807) is 18.2 Å². The van der Waals surface area contributed by atoms with Crippen LogP contribution in [0.15, 0.2) is 22.7 Å². The highest BCUT2D eigenvalue weighted by Crippen LogP contribution is 2.24. The van der Waals surface area contributed by atoms with Crippen molar-refractivity contribution in [3.63, 3.8) is 0 Å². The molecule has 0 spiro atoms. The number of carbonyl (C=O) groups is 1. The number of Topliss-reactive ketones (excluding diaryl/α,β-unsaturated/α-hetero) is 1. The molecule has 0 bridgehead atoms. The van der Waals surface area contributed by atoms with Gasteiger partial charge in [0.1, 0.15) is 5.75 Å². The average molecular weight is 295 g/mol. The number of rotatable bonds is 6. The van der Waals surface area contributed by atoms with Crippen molar-refractivity contribution in [1.29, 1.82) is 0 Å². The van der Waals surface area contributed by atoms with E-state index < -0.39 is 0 Å². The molecule has 0 aliphatic heterocycles. The molecule has 106 valence electrons. The number of aromatic nitrogens is 2. The number of carbonyl (C=O) groups excluding carboxylic acids is 1. The van der Waals surface area contributed by atoms with Gasteiger partial charge >= 0.3 is 0 Å². The van der Waals surface area contributed by atoms with Gasteiger partial charge in [0.2, 0.25) is 11.7 Å². The van der Waals surface area contributed by atoms with Crippen LogP contribution in [0.5, 0.6) is 5.75 Å². The lowest BCUT2D eigenvalue weighted by molar-refractivity contribution is 0.101. The lowest BCUT2D eigenvalue weighted by Gasteiger charge is -2.08. The number of nitrogens with zero attached hydrogens (tertiary/aromatic N) is 2. The highest BCUT2D eigenvalue weighted by molar-refractivity contribution is 6.31. The van der Waals surface area contributed by atoms with Gasteiger partial charge in [-0.15, -0.1) is 0 Å². The molecule has 0 saturated heterocycles. The molecule has 0 N–H and O–H groups in total. The van der Waals surface area contributed by atoms with Gasteiger partial charge in [-0.3, -0.25) is 4.79 Å². The van der Waals surface area contributed by atoms with Gasteiger partial charge < -0.3 is 9.26 Å². The van der Waals surface area contributed by atoms with Gasteiger partial charge in [0.05, 0.1) is 5.56 Å². The molecule has 0 fully saturated rings. The van der Waals surface area contributed by atoms with E-state index in [4.69, 9.17) is 20.9 Å². The zero-order chi connectivity index (χ0) is 14.5. The van der Waals surface area contributed by atoms with Gasteiger partial charge in [-0.1, -0.05) is 23.7 Å². The summed E-state index contributed by atoms with van der Waals surface area (Å²) in [5, 5.41) is 4.31. The number of aryl methyl sites for hydroxylation is 1. The number of ketones is 1. The summed E-state index contributed by atoms with van der Waals surface area (Å²) >= 11 is 5.87. The molecule has 1 aromatic carbocycles. The number of hydrogen-bond donors (Lipinski definition) is 0. The smallest absolute Gasteiger partial charge is 0.226 e. The molecule has 0 amide bonds. The van der Waals surface area contributed by atoms with Gasteiger partial charge in [-0.05, 0) is 31.5 Å². The molecule has 2 aromatic rings. The fourth-order valence-electron chi connectivity index (χ4n) is 1.71. The van der Waals surface area contributed by atoms with Crippen LogP contribution in [0.1, 0.15) is 42.3 Å². The summed E-state index contributed by atoms with van der Waals surface area (Å²) in [6.07, 6.45) is 1.68. The Bertz CT molecular complexity index is 610. The maximum atomic E-state index is 11.5. The minimum absolute atomic E-state index is 0.109. The summed E-state index contributed by atoms with van der Waals surface area (Å²) in [6.45, 7) is 3.65. The Kier molecular flexibility index (Phi) is 4.74. The van der Waals surface area contributed by atoms with Crippen molar-refractivity contribution in [2.75, 3.05) is 0 Å². The van der Waals surface area contributed by atoms with Gasteiger partial charge in [0, 0.05) is 11.4 Å². The maximum absolute atomic E-state index is 11.5. The monoisotopic (exact) mass is 294 g/mol. The molecule has 2 rings (SSSR count). The SMILES string of the molecule is CCCc1nc(COc2ccc(Cl)cc2C(C)=O)no1. The van der Waals surface area contributed by atoms with Crippen molar-refractivity contribution in [2.45, 2.75) is 33.3 Å². The second-order valence-electron chi connectivity index (χ2n) is 4.34. The van der Waals surface area contributed by atoms with Crippen LogP contribution in [0.3, 0.4) is 0 Å². The zero-order valence-electron chi connectivity index (χ0n) is 11.4.